The van der Waals surface area contributed by atoms with Crippen LogP contribution in [0.3, 0.4) is 0 Å². The van der Waals surface area contributed by atoms with Crippen LogP contribution in [-0.2, 0) is 0 Å². The van der Waals surface area contributed by atoms with Gasteiger partial charge in [0.25, 0.3) is 0 Å². The Kier molecular flexibility index (Phi) is 7.79. The van der Waals surface area contributed by atoms with E-state index in [2.05, 4.69) is 70.2 Å². The summed E-state index contributed by atoms with van der Waals surface area (Å²) >= 11 is -2.51. The fourth-order valence-electron chi connectivity index (χ4n) is 4.79. The first-order chi connectivity index (χ1) is 13.6. The molecule has 2 heteroatoms. The van der Waals surface area contributed by atoms with Gasteiger partial charge in [-0.25, -0.2) is 0 Å². The molecular formula is C26H37NSn. The van der Waals surface area contributed by atoms with Crippen LogP contribution in [0.15, 0.2) is 42.5 Å². The van der Waals surface area contributed by atoms with Gasteiger partial charge in [-0.3, -0.25) is 0 Å². The summed E-state index contributed by atoms with van der Waals surface area (Å²) in [5, 5.41) is 2.63. The molecule has 0 aliphatic carbocycles. The Morgan fingerprint density at radius 1 is 0.714 bits per heavy atom. The van der Waals surface area contributed by atoms with E-state index < -0.39 is 18.4 Å². The Bertz CT molecular complexity index is 893. The molecule has 28 heavy (non-hydrogen) atoms. The molecule has 0 aliphatic heterocycles. The van der Waals surface area contributed by atoms with Gasteiger partial charge >= 0.3 is 176 Å². The molecule has 0 saturated carbocycles. The monoisotopic (exact) mass is 483 g/mol. The van der Waals surface area contributed by atoms with Crippen molar-refractivity contribution in [1.29, 1.82) is 0 Å². The van der Waals surface area contributed by atoms with Crippen LogP contribution in [0.4, 0.5) is 0 Å². The Balaban J connectivity index is 2.23. The van der Waals surface area contributed by atoms with Crippen molar-refractivity contribution >= 4 is 43.8 Å². The van der Waals surface area contributed by atoms with Crippen molar-refractivity contribution < 1.29 is 0 Å². The van der Waals surface area contributed by atoms with Gasteiger partial charge in [0.15, 0.2) is 0 Å². The molecule has 0 fully saturated rings. The molecule has 0 amide bonds. The van der Waals surface area contributed by atoms with Gasteiger partial charge in [0.05, 0.1) is 0 Å². The number of aromatic nitrogens is 1. The molecule has 1 heterocycles. The molecule has 0 spiro atoms. The van der Waals surface area contributed by atoms with E-state index in [1.54, 1.807) is 3.58 Å². The zero-order valence-electron chi connectivity index (χ0n) is 18.4. The van der Waals surface area contributed by atoms with Crippen LogP contribution < -0.4 is 3.58 Å². The second-order valence-corrected chi connectivity index (χ2v) is 21.7. The van der Waals surface area contributed by atoms with Crippen molar-refractivity contribution in [2.24, 2.45) is 0 Å². The number of hydrogen-bond donors (Lipinski definition) is 0. The van der Waals surface area contributed by atoms with Crippen molar-refractivity contribution in [3.63, 3.8) is 0 Å². The summed E-state index contributed by atoms with van der Waals surface area (Å²) in [5.41, 5.74) is 3.83. The Morgan fingerprint density at radius 3 is 1.82 bits per heavy atom. The summed E-state index contributed by atoms with van der Waals surface area (Å²) < 4.78 is 6.21. The van der Waals surface area contributed by atoms with E-state index in [-0.39, 0.29) is 0 Å². The topological polar surface area (TPSA) is 12.9 Å². The van der Waals surface area contributed by atoms with E-state index in [1.807, 2.05) is 0 Å². The van der Waals surface area contributed by atoms with E-state index in [0.29, 0.717) is 0 Å². The van der Waals surface area contributed by atoms with Gasteiger partial charge in [-0.15, -0.1) is 0 Å². The van der Waals surface area contributed by atoms with Crippen LogP contribution in [0.5, 0.6) is 0 Å². The second kappa shape index (κ2) is 10.1. The molecule has 3 rings (SSSR count). The average Bonchev–Trinajstić information content (AvgIpc) is 2.72. The summed E-state index contributed by atoms with van der Waals surface area (Å²) in [6.45, 7) is 9.27. The SMILES string of the molecule is CCC[CH2][Sn]([CH2]CCC)([CH2]CCC)[c]1cccc2cc3cccc(C)c3nc12. The maximum absolute atomic E-state index is 5.32. The molecule has 0 bridgehead atoms. The van der Waals surface area contributed by atoms with Crippen molar-refractivity contribution in [3.8, 4) is 0 Å². The summed E-state index contributed by atoms with van der Waals surface area (Å²) in [6.07, 6.45) is 8.14. The molecule has 1 nitrogen and oxygen atoms in total. The number of fused-ring (bicyclic) bond motifs is 2. The van der Waals surface area contributed by atoms with E-state index in [4.69, 9.17) is 4.98 Å². The molecule has 1 aromatic heterocycles. The third-order valence-corrected chi connectivity index (χ3v) is 22.1. The fourth-order valence-corrected chi connectivity index (χ4v) is 21.3. The molecule has 2 aromatic carbocycles. The Morgan fingerprint density at radius 2 is 1.25 bits per heavy atom. The molecule has 0 unspecified atom stereocenters. The van der Waals surface area contributed by atoms with Crippen LogP contribution in [0.1, 0.15) is 64.9 Å². The van der Waals surface area contributed by atoms with Gasteiger partial charge in [-0.1, -0.05) is 0 Å². The average molecular weight is 482 g/mol. The van der Waals surface area contributed by atoms with Crippen molar-refractivity contribution in [2.45, 2.75) is 79.5 Å². The molecule has 0 radical (unpaired) electrons. The van der Waals surface area contributed by atoms with Crippen LogP contribution in [-0.4, -0.2) is 23.4 Å². The zero-order chi connectivity index (χ0) is 20.0. The number of para-hydroxylation sites is 2. The van der Waals surface area contributed by atoms with Crippen LogP contribution in [0.2, 0.25) is 13.3 Å². The molecule has 0 N–H and O–H groups in total. The van der Waals surface area contributed by atoms with E-state index in [0.717, 1.165) is 0 Å². The summed E-state index contributed by atoms with van der Waals surface area (Å²) in [5.74, 6) is 0. The van der Waals surface area contributed by atoms with Gasteiger partial charge in [0.1, 0.15) is 0 Å². The first-order valence-electron chi connectivity index (χ1n) is 11.4. The van der Waals surface area contributed by atoms with Crippen LogP contribution >= 0.6 is 0 Å². The zero-order valence-corrected chi connectivity index (χ0v) is 21.2. The van der Waals surface area contributed by atoms with E-state index in [1.165, 1.54) is 79.2 Å². The van der Waals surface area contributed by atoms with Gasteiger partial charge < -0.3 is 0 Å². The van der Waals surface area contributed by atoms with Crippen LogP contribution in [0.25, 0.3) is 21.8 Å². The number of nitrogens with zero attached hydrogens (tertiary/aromatic N) is 1. The third kappa shape index (κ3) is 4.56. The minimum atomic E-state index is -2.51. The summed E-state index contributed by atoms with van der Waals surface area (Å²) in [6, 6.07) is 16.0. The first kappa shape index (κ1) is 21.6. The Hall–Kier alpha value is -1.09. The molecule has 3 aromatic rings. The van der Waals surface area contributed by atoms with Gasteiger partial charge in [0.2, 0.25) is 0 Å². The van der Waals surface area contributed by atoms with Crippen molar-refractivity contribution in [1.82, 2.24) is 4.98 Å². The molecule has 0 saturated heterocycles. The fraction of sp³-hybridized carbons (Fsp3) is 0.500. The minimum absolute atomic E-state index is 1.20. The third-order valence-electron chi connectivity index (χ3n) is 6.47. The predicted molar refractivity (Wildman–Crippen MR) is 129 cm³/mol. The second-order valence-electron chi connectivity index (χ2n) is 8.60. The van der Waals surface area contributed by atoms with Crippen molar-refractivity contribution in [3.05, 3.63) is 48.0 Å². The molecule has 150 valence electrons. The van der Waals surface area contributed by atoms with Crippen molar-refractivity contribution in [2.75, 3.05) is 0 Å². The molecule has 0 aliphatic rings. The maximum atomic E-state index is 5.32. The Labute approximate surface area is 175 Å². The van der Waals surface area contributed by atoms with Gasteiger partial charge in [-0.2, -0.15) is 0 Å². The molecular weight excluding hydrogens is 445 g/mol. The standard InChI is InChI=1S/C14H10N.3C4H9.Sn/c1-10-5-4-7-12-9-11-6-2-3-8-13(11)15-14(10)12;3*1-3-4-2;/h2-7,9H,1H3;3*1,3-4H2,2H3;. The predicted octanol–water partition coefficient (Wildman–Crippen LogP) is 7.75. The van der Waals surface area contributed by atoms with Crippen LogP contribution in [0, 0.1) is 6.92 Å². The summed E-state index contributed by atoms with van der Waals surface area (Å²) in [7, 11) is 0. The normalized spacial score (nSPS) is 12.1. The number of aryl methyl sites for hydroxylation is 1. The number of unbranched alkanes of at least 4 members (excludes halogenated alkanes) is 3. The molecule has 0 atom stereocenters. The number of pyridine rings is 1. The summed E-state index contributed by atoms with van der Waals surface area (Å²) in [4.78, 5) is 5.32. The first-order valence-corrected chi connectivity index (χ1v) is 18.9. The van der Waals surface area contributed by atoms with E-state index in [9.17, 15) is 0 Å². The van der Waals surface area contributed by atoms with E-state index >= 15 is 0 Å². The van der Waals surface area contributed by atoms with Gasteiger partial charge in [0, 0.05) is 0 Å². The van der Waals surface area contributed by atoms with Gasteiger partial charge in [-0.05, 0) is 0 Å². The number of rotatable bonds is 10. The number of hydrogen-bond acceptors (Lipinski definition) is 1. The number of benzene rings is 2. The quantitative estimate of drug-likeness (QED) is 0.213.